The molecule has 1 aromatic carbocycles. The van der Waals surface area contributed by atoms with Crippen molar-refractivity contribution in [3.63, 3.8) is 0 Å². The van der Waals surface area contributed by atoms with Gasteiger partial charge in [0.1, 0.15) is 21.1 Å². The number of nitriles is 1. The number of halogens is 2. The molecule has 0 spiro atoms. The van der Waals surface area contributed by atoms with Crippen LogP contribution in [-0.2, 0) is 16.1 Å². The van der Waals surface area contributed by atoms with Gasteiger partial charge in [0.05, 0.1) is 11.6 Å². The van der Waals surface area contributed by atoms with E-state index < -0.39 is 11.8 Å². The molecule has 0 bridgehead atoms. The van der Waals surface area contributed by atoms with E-state index in [0.29, 0.717) is 5.69 Å². The molecule has 6 nitrogen and oxygen atoms in total. The predicted octanol–water partition coefficient (Wildman–Crippen LogP) is 1.81. The van der Waals surface area contributed by atoms with Crippen LogP contribution in [0.15, 0.2) is 23.0 Å². The molecule has 1 heterocycles. The molecule has 1 N–H and O–H groups in total. The number of esters is 1. The molecule has 0 aliphatic carbocycles. The number of nitrogens with one attached hydrogen (secondary N) is 1. The fraction of sp³-hybridized carbons (Fsp3) is 0.235. The van der Waals surface area contributed by atoms with Crippen molar-refractivity contribution in [1.29, 1.82) is 5.26 Å². The minimum Gasteiger partial charge on any atom is -0.462 e. The van der Waals surface area contributed by atoms with E-state index in [-0.39, 0.29) is 38.5 Å². The first-order valence-electron chi connectivity index (χ1n) is 7.65. The Morgan fingerprint density at radius 2 is 2.23 bits per heavy atom. The molecule has 0 aliphatic rings. The highest BCUT2D eigenvalue weighted by molar-refractivity contribution is 7.07. The standard InChI is InChI=1S/C17H15ClFN3O3S/c1-3-22-15(23)14(9-21-10-5-6-13(19)12(18)7-10)26-16(22)11(8-20)17(24)25-4-2/h5-7,9,21H,3-4H2,1-2H3/b14-9+,16-11-. The maximum Gasteiger partial charge on any atom is 0.351 e. The number of anilines is 1. The molecule has 2 aromatic rings. The van der Waals surface area contributed by atoms with Crippen LogP contribution in [0.2, 0.25) is 5.02 Å². The molecule has 0 atom stereocenters. The summed E-state index contributed by atoms with van der Waals surface area (Å²) in [6.45, 7) is 3.77. The first-order valence-corrected chi connectivity index (χ1v) is 8.85. The second-order valence-corrected chi connectivity index (χ2v) is 6.38. The smallest absolute Gasteiger partial charge is 0.351 e. The van der Waals surface area contributed by atoms with Crippen LogP contribution in [0.1, 0.15) is 13.8 Å². The summed E-state index contributed by atoms with van der Waals surface area (Å²) in [5, 5.41) is 12.1. The number of ether oxygens (including phenoxy) is 1. The summed E-state index contributed by atoms with van der Waals surface area (Å²) in [4.78, 5) is 24.5. The number of hydrogen-bond acceptors (Lipinski definition) is 6. The van der Waals surface area contributed by atoms with Crippen LogP contribution in [0.4, 0.5) is 10.1 Å². The van der Waals surface area contributed by atoms with Crippen LogP contribution >= 0.6 is 22.9 Å². The van der Waals surface area contributed by atoms with E-state index in [1.807, 2.05) is 0 Å². The molecule has 9 heteroatoms. The van der Waals surface area contributed by atoms with Gasteiger partial charge in [0.15, 0.2) is 5.57 Å². The Morgan fingerprint density at radius 3 is 2.81 bits per heavy atom. The summed E-state index contributed by atoms with van der Waals surface area (Å²) in [6, 6.07) is 5.85. The van der Waals surface area contributed by atoms with E-state index >= 15 is 0 Å². The first-order chi connectivity index (χ1) is 12.4. The number of carbonyl (C=O) groups excluding carboxylic acids is 1. The van der Waals surface area contributed by atoms with Crippen molar-refractivity contribution in [2.75, 3.05) is 11.9 Å². The Morgan fingerprint density at radius 1 is 1.50 bits per heavy atom. The van der Waals surface area contributed by atoms with Gasteiger partial charge in [-0.05, 0) is 32.0 Å². The molecule has 2 rings (SSSR count). The van der Waals surface area contributed by atoms with Crippen molar-refractivity contribution in [2.45, 2.75) is 20.4 Å². The lowest BCUT2D eigenvalue weighted by molar-refractivity contribution is -0.136. The second-order valence-electron chi connectivity index (χ2n) is 4.95. The van der Waals surface area contributed by atoms with Crippen LogP contribution in [0, 0.1) is 17.1 Å². The van der Waals surface area contributed by atoms with E-state index in [2.05, 4.69) is 5.32 Å². The summed E-state index contributed by atoms with van der Waals surface area (Å²) in [5.41, 5.74) is -0.0887. The van der Waals surface area contributed by atoms with Crippen LogP contribution in [0.5, 0.6) is 0 Å². The van der Waals surface area contributed by atoms with Crippen molar-refractivity contribution in [1.82, 2.24) is 4.57 Å². The second kappa shape index (κ2) is 8.65. The van der Waals surface area contributed by atoms with Crippen molar-refractivity contribution in [2.24, 2.45) is 0 Å². The number of rotatable bonds is 5. The Bertz CT molecular complexity index is 1050. The van der Waals surface area contributed by atoms with Gasteiger partial charge < -0.3 is 10.1 Å². The average molecular weight is 396 g/mol. The van der Waals surface area contributed by atoms with Crippen LogP contribution in [0.3, 0.4) is 0 Å². The lowest BCUT2D eigenvalue weighted by Gasteiger charge is -2.00. The highest BCUT2D eigenvalue weighted by atomic mass is 35.5. The third kappa shape index (κ3) is 4.12. The molecule has 0 radical (unpaired) electrons. The summed E-state index contributed by atoms with van der Waals surface area (Å²) in [5.74, 6) is -1.32. The Hall–Kier alpha value is -2.63. The largest absolute Gasteiger partial charge is 0.462 e. The van der Waals surface area contributed by atoms with Gasteiger partial charge in [-0.2, -0.15) is 5.26 Å². The monoisotopic (exact) mass is 395 g/mol. The van der Waals surface area contributed by atoms with Gasteiger partial charge in [-0.15, -0.1) is 11.3 Å². The van der Waals surface area contributed by atoms with E-state index in [9.17, 15) is 19.2 Å². The lowest BCUT2D eigenvalue weighted by Crippen LogP contribution is -2.32. The number of benzene rings is 1. The Kier molecular flexibility index (Phi) is 6.55. The number of carbonyl (C=O) groups is 1. The molecule has 0 saturated carbocycles. The molecule has 136 valence electrons. The summed E-state index contributed by atoms with van der Waals surface area (Å²) < 4.78 is 19.9. The number of hydrogen-bond donors (Lipinski definition) is 1. The quantitative estimate of drug-likeness (QED) is 0.780. The SMILES string of the molecule is CCOC(=O)/C(C#N)=c1\s/c(=C/Nc2ccc(F)c(Cl)c2)c(=O)n1CC. The maximum atomic E-state index is 13.2. The van der Waals surface area contributed by atoms with Gasteiger partial charge in [0.2, 0.25) is 0 Å². The number of nitrogens with zero attached hydrogens (tertiary/aromatic N) is 2. The van der Waals surface area contributed by atoms with E-state index in [1.165, 1.54) is 29.0 Å². The van der Waals surface area contributed by atoms with E-state index in [0.717, 1.165) is 11.3 Å². The fourth-order valence-corrected chi connectivity index (χ4v) is 3.37. The number of aromatic nitrogens is 1. The minimum absolute atomic E-state index is 0.0522. The van der Waals surface area contributed by atoms with Crippen LogP contribution in [0.25, 0.3) is 11.8 Å². The predicted molar refractivity (Wildman–Crippen MR) is 98.7 cm³/mol. The normalized spacial score (nSPS) is 12.5. The van der Waals surface area contributed by atoms with Gasteiger partial charge >= 0.3 is 5.97 Å². The van der Waals surface area contributed by atoms with Crippen molar-refractivity contribution >= 4 is 46.4 Å². The van der Waals surface area contributed by atoms with Crippen molar-refractivity contribution in [3.8, 4) is 6.07 Å². The number of thiazole rings is 1. The van der Waals surface area contributed by atoms with Gasteiger partial charge in [0.25, 0.3) is 5.56 Å². The highest BCUT2D eigenvalue weighted by Gasteiger charge is 2.16. The molecule has 0 aliphatic heterocycles. The van der Waals surface area contributed by atoms with Gasteiger partial charge in [-0.25, -0.2) is 9.18 Å². The molecule has 0 amide bonds. The van der Waals surface area contributed by atoms with Crippen LogP contribution in [-0.4, -0.2) is 17.1 Å². The molecule has 0 fully saturated rings. The minimum atomic E-state index is -0.775. The lowest BCUT2D eigenvalue weighted by atomic mass is 10.3. The molecule has 1 aromatic heterocycles. The zero-order chi connectivity index (χ0) is 19.3. The molecular weight excluding hydrogens is 381 g/mol. The summed E-state index contributed by atoms with van der Waals surface area (Å²) >= 11 is 6.71. The molecule has 26 heavy (non-hydrogen) atoms. The maximum absolute atomic E-state index is 13.2. The molecule has 0 unspecified atom stereocenters. The van der Waals surface area contributed by atoms with Crippen molar-refractivity contribution in [3.05, 3.63) is 48.6 Å². The summed E-state index contributed by atoms with van der Waals surface area (Å²) in [7, 11) is 0. The fourth-order valence-electron chi connectivity index (χ4n) is 2.11. The highest BCUT2D eigenvalue weighted by Crippen LogP contribution is 2.19. The summed E-state index contributed by atoms with van der Waals surface area (Å²) in [6.07, 6.45) is 1.42. The first kappa shape index (κ1) is 19.7. The van der Waals surface area contributed by atoms with E-state index in [4.69, 9.17) is 16.3 Å². The van der Waals surface area contributed by atoms with Gasteiger partial charge in [-0.1, -0.05) is 11.6 Å². The topological polar surface area (TPSA) is 84.1 Å². The van der Waals surface area contributed by atoms with Crippen molar-refractivity contribution < 1.29 is 13.9 Å². The zero-order valence-corrected chi connectivity index (χ0v) is 15.6. The van der Waals surface area contributed by atoms with Crippen LogP contribution < -0.4 is 20.1 Å². The van der Waals surface area contributed by atoms with E-state index in [1.54, 1.807) is 19.9 Å². The van der Waals surface area contributed by atoms with Gasteiger partial charge in [0, 0.05) is 18.4 Å². The third-order valence-corrected chi connectivity index (χ3v) is 4.74. The average Bonchev–Trinajstić information content (AvgIpc) is 2.92. The zero-order valence-electron chi connectivity index (χ0n) is 14.0. The third-order valence-electron chi connectivity index (χ3n) is 3.32. The molecule has 0 saturated heterocycles. The Labute approximate surface area is 157 Å². The molecular formula is C17H15ClFN3O3S. The Balaban J connectivity index is 2.56. The van der Waals surface area contributed by atoms with Gasteiger partial charge in [-0.3, -0.25) is 9.36 Å².